The van der Waals surface area contributed by atoms with Gasteiger partial charge in [0.1, 0.15) is 12.0 Å². The Hall–Kier alpha value is -1.66. The molecule has 0 aromatic heterocycles. The highest BCUT2D eigenvalue weighted by atomic mass is 19.4. The summed E-state index contributed by atoms with van der Waals surface area (Å²) in [5, 5.41) is 0. The van der Waals surface area contributed by atoms with E-state index in [1.54, 1.807) is 0 Å². The van der Waals surface area contributed by atoms with Crippen molar-refractivity contribution in [2.24, 2.45) is 0 Å². The molecule has 7 heteroatoms. The minimum Gasteiger partial charge on any atom is -0.332 e. The van der Waals surface area contributed by atoms with Gasteiger partial charge in [0.05, 0.1) is 6.54 Å². The SMILES string of the molecule is O=C(N1CCC(c2ccc(F)cc2)C(F)C1)C(F)(F)F. The highest BCUT2D eigenvalue weighted by molar-refractivity contribution is 5.82. The summed E-state index contributed by atoms with van der Waals surface area (Å²) in [6.07, 6.45) is -6.50. The molecule has 0 N–H and O–H groups in total. The van der Waals surface area contributed by atoms with Crippen LogP contribution in [0.2, 0.25) is 0 Å². The van der Waals surface area contributed by atoms with Crippen LogP contribution in [0.1, 0.15) is 17.9 Å². The summed E-state index contributed by atoms with van der Waals surface area (Å²) in [5.74, 6) is -3.10. The zero-order valence-corrected chi connectivity index (χ0v) is 10.3. The van der Waals surface area contributed by atoms with Crippen molar-refractivity contribution < 1.29 is 26.7 Å². The van der Waals surface area contributed by atoms with Gasteiger partial charge in [-0.3, -0.25) is 4.79 Å². The Morgan fingerprint density at radius 1 is 1.20 bits per heavy atom. The largest absolute Gasteiger partial charge is 0.471 e. The van der Waals surface area contributed by atoms with Crippen molar-refractivity contribution in [2.45, 2.75) is 24.7 Å². The van der Waals surface area contributed by atoms with Crippen molar-refractivity contribution in [2.75, 3.05) is 13.1 Å². The molecule has 0 aliphatic carbocycles. The lowest BCUT2D eigenvalue weighted by Crippen LogP contribution is -2.49. The van der Waals surface area contributed by atoms with Gasteiger partial charge in [-0.1, -0.05) is 12.1 Å². The lowest BCUT2D eigenvalue weighted by Gasteiger charge is -2.35. The van der Waals surface area contributed by atoms with Gasteiger partial charge in [-0.05, 0) is 24.1 Å². The van der Waals surface area contributed by atoms with Crippen LogP contribution in [0, 0.1) is 5.82 Å². The highest BCUT2D eigenvalue weighted by Crippen LogP contribution is 2.32. The first-order valence-corrected chi connectivity index (χ1v) is 6.04. The van der Waals surface area contributed by atoms with Crippen LogP contribution in [-0.4, -0.2) is 36.2 Å². The van der Waals surface area contributed by atoms with E-state index in [4.69, 9.17) is 0 Å². The fourth-order valence-electron chi connectivity index (χ4n) is 2.35. The Bertz CT molecular complexity index is 485. The molecule has 110 valence electrons. The Morgan fingerprint density at radius 3 is 2.30 bits per heavy atom. The summed E-state index contributed by atoms with van der Waals surface area (Å²) in [6.45, 7) is -0.763. The first-order valence-electron chi connectivity index (χ1n) is 6.04. The molecule has 1 aromatic carbocycles. The van der Waals surface area contributed by atoms with Gasteiger partial charge in [0.25, 0.3) is 0 Å². The van der Waals surface area contributed by atoms with E-state index < -0.39 is 36.5 Å². The Kier molecular flexibility index (Phi) is 3.96. The topological polar surface area (TPSA) is 20.3 Å². The van der Waals surface area contributed by atoms with Crippen molar-refractivity contribution in [3.63, 3.8) is 0 Å². The van der Waals surface area contributed by atoms with Gasteiger partial charge in [0, 0.05) is 12.5 Å². The molecule has 2 unspecified atom stereocenters. The Balaban J connectivity index is 2.06. The molecule has 2 atom stereocenters. The van der Waals surface area contributed by atoms with Crippen molar-refractivity contribution >= 4 is 5.91 Å². The van der Waals surface area contributed by atoms with Gasteiger partial charge < -0.3 is 4.90 Å². The predicted molar refractivity (Wildman–Crippen MR) is 61.3 cm³/mol. The summed E-state index contributed by atoms with van der Waals surface area (Å²) >= 11 is 0. The number of carbonyl (C=O) groups is 1. The molecule has 1 aliphatic heterocycles. The second-order valence-electron chi connectivity index (χ2n) is 4.71. The molecule has 1 aromatic rings. The molecule has 1 aliphatic rings. The second kappa shape index (κ2) is 5.38. The molecule has 1 fully saturated rings. The molecule has 20 heavy (non-hydrogen) atoms. The third-order valence-corrected chi connectivity index (χ3v) is 3.37. The molecule has 2 nitrogen and oxygen atoms in total. The minimum atomic E-state index is -4.98. The van der Waals surface area contributed by atoms with Gasteiger partial charge in [-0.25, -0.2) is 8.78 Å². The smallest absolute Gasteiger partial charge is 0.332 e. The van der Waals surface area contributed by atoms with Crippen LogP contribution in [0.25, 0.3) is 0 Å². The summed E-state index contributed by atoms with van der Waals surface area (Å²) in [6, 6.07) is 5.17. The van der Waals surface area contributed by atoms with Gasteiger partial charge in [0.15, 0.2) is 0 Å². The molecule has 2 rings (SSSR count). The quantitative estimate of drug-likeness (QED) is 0.729. The van der Waals surface area contributed by atoms with E-state index in [-0.39, 0.29) is 13.0 Å². The maximum absolute atomic E-state index is 14.0. The molecule has 0 radical (unpaired) electrons. The fourth-order valence-corrected chi connectivity index (χ4v) is 2.35. The van der Waals surface area contributed by atoms with Crippen LogP contribution >= 0.6 is 0 Å². The van der Waals surface area contributed by atoms with E-state index in [0.717, 1.165) is 0 Å². The maximum Gasteiger partial charge on any atom is 0.471 e. The molecular weight excluding hydrogens is 281 g/mol. The second-order valence-corrected chi connectivity index (χ2v) is 4.71. The van der Waals surface area contributed by atoms with Crippen molar-refractivity contribution in [1.29, 1.82) is 0 Å². The number of benzene rings is 1. The highest BCUT2D eigenvalue weighted by Gasteiger charge is 2.45. The molecule has 0 spiro atoms. The molecule has 1 amide bonds. The van der Waals surface area contributed by atoms with Gasteiger partial charge >= 0.3 is 12.1 Å². The van der Waals surface area contributed by atoms with Crippen LogP contribution in [0.4, 0.5) is 22.0 Å². The van der Waals surface area contributed by atoms with Gasteiger partial charge in [-0.2, -0.15) is 13.2 Å². The van der Waals surface area contributed by atoms with E-state index >= 15 is 0 Å². The predicted octanol–water partition coefficient (Wildman–Crippen LogP) is 3.04. The van der Waals surface area contributed by atoms with Crippen LogP contribution in [0.3, 0.4) is 0 Å². The Morgan fingerprint density at radius 2 is 1.80 bits per heavy atom. The van der Waals surface area contributed by atoms with Crippen LogP contribution in [0.15, 0.2) is 24.3 Å². The number of nitrogens with zero attached hydrogens (tertiary/aromatic N) is 1. The number of alkyl halides is 4. The third-order valence-electron chi connectivity index (χ3n) is 3.37. The summed E-state index contributed by atoms with van der Waals surface area (Å²) < 4.78 is 63.6. The van der Waals surface area contributed by atoms with E-state index in [0.29, 0.717) is 10.5 Å². The fraction of sp³-hybridized carbons (Fsp3) is 0.462. The monoisotopic (exact) mass is 293 g/mol. The first-order chi connectivity index (χ1) is 9.29. The minimum absolute atomic E-state index is 0.0780. The molecule has 0 bridgehead atoms. The molecule has 1 heterocycles. The summed E-state index contributed by atoms with van der Waals surface area (Å²) in [5.41, 5.74) is 0.526. The first kappa shape index (κ1) is 14.7. The van der Waals surface area contributed by atoms with E-state index in [2.05, 4.69) is 0 Å². The number of carbonyl (C=O) groups excluding carboxylic acids is 1. The van der Waals surface area contributed by atoms with E-state index in [9.17, 15) is 26.7 Å². The average molecular weight is 293 g/mol. The average Bonchev–Trinajstić information content (AvgIpc) is 2.38. The van der Waals surface area contributed by atoms with Crippen LogP contribution in [-0.2, 0) is 4.79 Å². The number of amides is 1. The maximum atomic E-state index is 14.0. The molecule has 1 saturated heterocycles. The van der Waals surface area contributed by atoms with Crippen LogP contribution < -0.4 is 0 Å². The number of hydrogen-bond donors (Lipinski definition) is 0. The number of rotatable bonds is 1. The molecule has 0 saturated carbocycles. The zero-order valence-electron chi connectivity index (χ0n) is 10.3. The summed E-state index contributed by atoms with van der Waals surface area (Å²) in [7, 11) is 0. The molecular formula is C13H12F5NO. The third kappa shape index (κ3) is 3.08. The lowest BCUT2D eigenvalue weighted by atomic mass is 9.88. The number of likely N-dealkylation sites (tertiary alicyclic amines) is 1. The standard InChI is InChI=1S/C13H12F5NO/c14-9-3-1-8(2-4-9)10-5-6-19(7-11(10)15)12(20)13(16,17)18/h1-4,10-11H,5-7H2. The number of hydrogen-bond acceptors (Lipinski definition) is 1. The van der Waals surface area contributed by atoms with Gasteiger partial charge in [-0.15, -0.1) is 0 Å². The van der Waals surface area contributed by atoms with Crippen molar-refractivity contribution in [3.05, 3.63) is 35.6 Å². The number of halogens is 5. The van der Waals surface area contributed by atoms with Crippen LogP contribution in [0.5, 0.6) is 0 Å². The Labute approximate surface area is 112 Å². The number of piperidine rings is 1. The van der Waals surface area contributed by atoms with Crippen molar-refractivity contribution in [3.8, 4) is 0 Å². The van der Waals surface area contributed by atoms with E-state index in [1.807, 2.05) is 0 Å². The zero-order chi connectivity index (χ0) is 14.9. The van der Waals surface area contributed by atoms with Gasteiger partial charge in [0.2, 0.25) is 0 Å². The van der Waals surface area contributed by atoms with E-state index in [1.165, 1.54) is 24.3 Å². The lowest BCUT2D eigenvalue weighted by molar-refractivity contribution is -0.187. The normalized spacial score (nSPS) is 23.8. The summed E-state index contributed by atoms with van der Waals surface area (Å²) in [4.78, 5) is 11.5. The van der Waals surface area contributed by atoms with Crippen molar-refractivity contribution in [1.82, 2.24) is 4.90 Å².